The molecular weight excluding hydrogens is 322 g/mol. The van der Waals surface area contributed by atoms with Gasteiger partial charge in [0.25, 0.3) is 5.91 Å². The number of carboxylic acid groups (broad SMARTS) is 1. The average Bonchev–Trinajstić information content (AvgIpc) is 3.11. The van der Waals surface area contributed by atoms with E-state index in [2.05, 4.69) is 5.32 Å². The zero-order valence-electron chi connectivity index (χ0n) is 11.6. The number of carbonyl (C=O) groups is 2. The van der Waals surface area contributed by atoms with Crippen molar-refractivity contribution < 1.29 is 14.7 Å². The third kappa shape index (κ3) is 3.00. The maximum Gasteiger partial charge on any atom is 0.345 e. The molecule has 1 heterocycles. The van der Waals surface area contributed by atoms with Crippen LogP contribution in [0.1, 0.15) is 37.7 Å². The fourth-order valence-corrected chi connectivity index (χ4v) is 3.40. The molecule has 22 heavy (non-hydrogen) atoms. The van der Waals surface area contributed by atoms with E-state index in [4.69, 9.17) is 16.7 Å². The van der Waals surface area contributed by atoms with Gasteiger partial charge in [0.15, 0.2) is 0 Å². The molecule has 0 saturated heterocycles. The molecule has 1 amide bonds. The minimum atomic E-state index is -1.01. The highest BCUT2D eigenvalue weighted by Gasteiger charge is 2.44. The zero-order valence-corrected chi connectivity index (χ0v) is 13.2. The van der Waals surface area contributed by atoms with Crippen LogP contribution >= 0.6 is 22.9 Å². The van der Waals surface area contributed by atoms with Crippen LogP contribution in [-0.2, 0) is 5.41 Å². The Balaban J connectivity index is 1.67. The Kier molecular flexibility index (Phi) is 3.93. The first kappa shape index (κ1) is 15.1. The second-order valence-corrected chi connectivity index (χ2v) is 6.96. The van der Waals surface area contributed by atoms with Gasteiger partial charge in [-0.2, -0.15) is 0 Å². The number of halogens is 1. The summed E-state index contributed by atoms with van der Waals surface area (Å²) in [6.07, 6.45) is 2.02. The van der Waals surface area contributed by atoms with E-state index in [9.17, 15) is 9.59 Å². The standard InChI is InChI=1S/C16H14ClNO3S/c17-11-3-1-2-10(8-11)16(6-7-16)9-18-14(19)12-4-5-13(22-12)15(20)21/h1-5,8H,6-7,9H2,(H,18,19)(H,20,21). The summed E-state index contributed by atoms with van der Waals surface area (Å²) in [6, 6.07) is 10.7. The molecule has 0 atom stereocenters. The lowest BCUT2D eigenvalue weighted by atomic mass is 9.96. The summed E-state index contributed by atoms with van der Waals surface area (Å²) in [6.45, 7) is 0.534. The first-order valence-corrected chi connectivity index (χ1v) is 8.07. The number of thiophene rings is 1. The molecule has 0 radical (unpaired) electrons. The van der Waals surface area contributed by atoms with Gasteiger partial charge in [0.05, 0.1) is 4.88 Å². The summed E-state index contributed by atoms with van der Waals surface area (Å²) in [5, 5.41) is 12.5. The Bertz CT molecular complexity index is 736. The van der Waals surface area contributed by atoms with Gasteiger partial charge < -0.3 is 10.4 Å². The summed E-state index contributed by atoms with van der Waals surface area (Å²) < 4.78 is 0. The van der Waals surface area contributed by atoms with E-state index in [1.165, 1.54) is 6.07 Å². The van der Waals surface area contributed by atoms with Crippen molar-refractivity contribution in [2.24, 2.45) is 0 Å². The van der Waals surface area contributed by atoms with Gasteiger partial charge in [0.2, 0.25) is 0 Å². The summed E-state index contributed by atoms with van der Waals surface area (Å²) in [5.74, 6) is -1.24. The van der Waals surface area contributed by atoms with Crippen molar-refractivity contribution in [3.8, 4) is 0 Å². The number of rotatable bonds is 5. The molecule has 0 bridgehead atoms. The molecule has 1 aromatic heterocycles. The van der Waals surface area contributed by atoms with Crippen molar-refractivity contribution in [3.63, 3.8) is 0 Å². The van der Waals surface area contributed by atoms with Gasteiger partial charge in [-0.05, 0) is 42.7 Å². The molecule has 1 saturated carbocycles. The van der Waals surface area contributed by atoms with Crippen molar-refractivity contribution in [3.05, 3.63) is 56.7 Å². The maximum atomic E-state index is 12.1. The van der Waals surface area contributed by atoms with E-state index >= 15 is 0 Å². The zero-order chi connectivity index (χ0) is 15.7. The number of amides is 1. The first-order chi connectivity index (χ1) is 10.5. The molecule has 6 heteroatoms. The molecule has 1 aromatic carbocycles. The molecule has 2 N–H and O–H groups in total. The SMILES string of the molecule is O=C(O)c1ccc(C(=O)NCC2(c3cccc(Cl)c3)CC2)s1. The van der Waals surface area contributed by atoms with Crippen LogP contribution in [0.4, 0.5) is 0 Å². The fourth-order valence-electron chi connectivity index (χ4n) is 2.45. The molecule has 4 nitrogen and oxygen atoms in total. The van der Waals surface area contributed by atoms with Crippen LogP contribution in [0.3, 0.4) is 0 Å². The summed E-state index contributed by atoms with van der Waals surface area (Å²) >= 11 is 7.01. The van der Waals surface area contributed by atoms with Gasteiger partial charge in [0.1, 0.15) is 4.88 Å². The first-order valence-electron chi connectivity index (χ1n) is 6.88. The van der Waals surface area contributed by atoms with Crippen LogP contribution in [0.25, 0.3) is 0 Å². The minimum Gasteiger partial charge on any atom is -0.477 e. The van der Waals surface area contributed by atoms with E-state index in [0.29, 0.717) is 16.4 Å². The normalized spacial score (nSPS) is 15.3. The average molecular weight is 336 g/mol. The number of aromatic carboxylic acids is 1. The van der Waals surface area contributed by atoms with E-state index in [1.807, 2.05) is 24.3 Å². The summed E-state index contributed by atoms with van der Waals surface area (Å²) in [5.41, 5.74) is 1.10. The van der Waals surface area contributed by atoms with Gasteiger partial charge in [0, 0.05) is 17.0 Å². The highest BCUT2D eigenvalue weighted by atomic mass is 35.5. The molecule has 3 rings (SSSR count). The Morgan fingerprint density at radius 1 is 1.23 bits per heavy atom. The van der Waals surface area contributed by atoms with Gasteiger partial charge in [-0.15, -0.1) is 11.3 Å². The Labute approximate surface area is 136 Å². The van der Waals surface area contributed by atoms with E-state index in [-0.39, 0.29) is 16.2 Å². The molecule has 0 aliphatic heterocycles. The van der Waals surface area contributed by atoms with Gasteiger partial charge in [-0.1, -0.05) is 23.7 Å². The van der Waals surface area contributed by atoms with E-state index in [0.717, 1.165) is 29.7 Å². The smallest absolute Gasteiger partial charge is 0.345 e. The summed E-state index contributed by atoms with van der Waals surface area (Å²) in [4.78, 5) is 23.6. The third-order valence-corrected chi connectivity index (χ3v) is 5.23. The van der Waals surface area contributed by atoms with Gasteiger partial charge in [-0.25, -0.2) is 4.79 Å². The quantitative estimate of drug-likeness (QED) is 0.878. The lowest BCUT2D eigenvalue weighted by Gasteiger charge is -2.16. The molecule has 114 valence electrons. The Morgan fingerprint density at radius 3 is 2.55 bits per heavy atom. The van der Waals surface area contributed by atoms with Gasteiger partial charge >= 0.3 is 5.97 Å². The number of hydrogen-bond acceptors (Lipinski definition) is 3. The topological polar surface area (TPSA) is 66.4 Å². The number of hydrogen-bond donors (Lipinski definition) is 2. The number of benzene rings is 1. The molecule has 0 unspecified atom stereocenters. The molecule has 1 fully saturated rings. The van der Waals surface area contributed by atoms with Crippen LogP contribution in [0.2, 0.25) is 5.02 Å². The largest absolute Gasteiger partial charge is 0.477 e. The number of carboxylic acids is 1. The highest BCUT2D eigenvalue weighted by Crippen LogP contribution is 2.48. The molecular formula is C16H14ClNO3S. The number of nitrogens with one attached hydrogen (secondary N) is 1. The van der Waals surface area contributed by atoms with Crippen LogP contribution in [0, 0.1) is 0 Å². The lowest BCUT2D eigenvalue weighted by molar-refractivity contribution is 0.0702. The van der Waals surface area contributed by atoms with E-state index in [1.54, 1.807) is 6.07 Å². The summed E-state index contributed by atoms with van der Waals surface area (Å²) in [7, 11) is 0. The van der Waals surface area contributed by atoms with Crippen molar-refractivity contribution in [2.45, 2.75) is 18.3 Å². The lowest BCUT2D eigenvalue weighted by Crippen LogP contribution is -2.31. The highest BCUT2D eigenvalue weighted by molar-refractivity contribution is 7.15. The second kappa shape index (κ2) is 5.74. The van der Waals surface area contributed by atoms with Crippen molar-refractivity contribution in [1.82, 2.24) is 5.32 Å². The minimum absolute atomic E-state index is 0.0343. The van der Waals surface area contributed by atoms with Crippen LogP contribution in [0.15, 0.2) is 36.4 Å². The van der Waals surface area contributed by atoms with Gasteiger partial charge in [-0.3, -0.25) is 4.79 Å². The molecule has 1 aliphatic carbocycles. The maximum absolute atomic E-state index is 12.1. The Hall–Kier alpha value is -1.85. The van der Waals surface area contributed by atoms with Crippen LogP contribution in [-0.4, -0.2) is 23.5 Å². The predicted molar refractivity (Wildman–Crippen MR) is 86.0 cm³/mol. The third-order valence-electron chi connectivity index (χ3n) is 3.92. The monoisotopic (exact) mass is 335 g/mol. The second-order valence-electron chi connectivity index (χ2n) is 5.44. The fraction of sp³-hybridized carbons (Fsp3) is 0.250. The molecule has 1 aliphatic rings. The van der Waals surface area contributed by atoms with E-state index < -0.39 is 5.97 Å². The number of carbonyl (C=O) groups excluding carboxylic acids is 1. The molecule has 2 aromatic rings. The van der Waals surface area contributed by atoms with Crippen molar-refractivity contribution in [1.29, 1.82) is 0 Å². The van der Waals surface area contributed by atoms with Crippen LogP contribution < -0.4 is 5.32 Å². The Morgan fingerprint density at radius 2 is 1.95 bits per heavy atom. The van der Waals surface area contributed by atoms with Crippen molar-refractivity contribution in [2.75, 3.05) is 6.54 Å². The molecule has 0 spiro atoms. The predicted octanol–water partition coefficient (Wildman–Crippen LogP) is 3.56. The van der Waals surface area contributed by atoms with Crippen molar-refractivity contribution >= 4 is 34.8 Å². The van der Waals surface area contributed by atoms with Crippen LogP contribution in [0.5, 0.6) is 0 Å².